The van der Waals surface area contributed by atoms with E-state index in [1.807, 2.05) is 79.7 Å². The van der Waals surface area contributed by atoms with E-state index in [1.54, 1.807) is 0 Å². The van der Waals surface area contributed by atoms with E-state index in [4.69, 9.17) is 9.15 Å². The fourth-order valence-electron chi connectivity index (χ4n) is 2.96. The third kappa shape index (κ3) is 4.43. The van der Waals surface area contributed by atoms with Gasteiger partial charge in [0.2, 0.25) is 0 Å². The molecule has 1 heterocycles. The second-order valence-corrected chi connectivity index (χ2v) is 7.20. The lowest BCUT2D eigenvalue weighted by Gasteiger charge is -2.13. The number of thioether (sulfide) groups is 1. The van der Waals surface area contributed by atoms with Gasteiger partial charge < -0.3 is 14.5 Å². The van der Waals surface area contributed by atoms with Crippen LogP contribution in [0.5, 0.6) is 5.75 Å². The molecule has 0 aliphatic carbocycles. The molecule has 29 heavy (non-hydrogen) atoms. The van der Waals surface area contributed by atoms with Gasteiger partial charge in [0.1, 0.15) is 11.3 Å². The van der Waals surface area contributed by atoms with Crippen LogP contribution in [0.2, 0.25) is 0 Å². The summed E-state index contributed by atoms with van der Waals surface area (Å²) in [5.41, 5.74) is 3.76. The number of para-hydroxylation sites is 4. The largest absolute Gasteiger partial charge is 0.492 e. The Balaban J connectivity index is 1.51. The van der Waals surface area contributed by atoms with Crippen LogP contribution in [0.3, 0.4) is 0 Å². The maximum absolute atomic E-state index is 12.9. The average molecular weight is 404 g/mol. The zero-order valence-electron chi connectivity index (χ0n) is 15.9. The summed E-state index contributed by atoms with van der Waals surface area (Å²) < 4.78 is 11.4. The van der Waals surface area contributed by atoms with Crippen LogP contribution in [0.1, 0.15) is 22.8 Å². The van der Waals surface area contributed by atoms with E-state index in [-0.39, 0.29) is 5.91 Å². The number of ether oxygens (including phenoxy) is 1. The van der Waals surface area contributed by atoms with Crippen LogP contribution in [0, 0.1) is 0 Å². The quantitative estimate of drug-likeness (QED) is 0.396. The van der Waals surface area contributed by atoms with E-state index in [0.29, 0.717) is 34.6 Å². The van der Waals surface area contributed by atoms with E-state index in [9.17, 15) is 4.79 Å². The van der Waals surface area contributed by atoms with Crippen LogP contribution in [-0.2, 0) is 5.75 Å². The summed E-state index contributed by atoms with van der Waals surface area (Å²) in [5.74, 6) is 1.05. The Morgan fingerprint density at radius 1 is 1.03 bits per heavy atom. The van der Waals surface area contributed by atoms with E-state index < -0.39 is 0 Å². The van der Waals surface area contributed by atoms with Gasteiger partial charge in [-0.3, -0.25) is 4.79 Å². The fraction of sp³-hybridized carbons (Fsp3) is 0.130. The molecule has 146 valence electrons. The highest BCUT2D eigenvalue weighted by atomic mass is 32.2. The molecule has 6 heteroatoms. The predicted molar refractivity (Wildman–Crippen MR) is 116 cm³/mol. The number of anilines is 1. The molecule has 0 atom stereocenters. The average Bonchev–Trinajstić information content (AvgIpc) is 3.17. The SMILES string of the molecule is CCOc1ccccc1NC(=O)c1ccccc1CSc1nc2ccccc2o1. The van der Waals surface area contributed by atoms with Crippen LogP contribution in [0.25, 0.3) is 11.1 Å². The molecule has 0 bridgehead atoms. The van der Waals surface area contributed by atoms with Crippen molar-refractivity contribution in [1.82, 2.24) is 4.98 Å². The summed E-state index contributed by atoms with van der Waals surface area (Å²) in [6.07, 6.45) is 0. The number of amides is 1. The first-order chi connectivity index (χ1) is 14.2. The van der Waals surface area contributed by atoms with Crippen LogP contribution in [0.15, 0.2) is 82.4 Å². The third-order valence-corrected chi connectivity index (χ3v) is 5.20. The van der Waals surface area contributed by atoms with Crippen molar-refractivity contribution >= 4 is 34.5 Å². The van der Waals surface area contributed by atoms with Gasteiger partial charge in [0.25, 0.3) is 11.1 Å². The maximum atomic E-state index is 12.9. The van der Waals surface area contributed by atoms with Gasteiger partial charge in [0, 0.05) is 11.3 Å². The summed E-state index contributed by atoms with van der Waals surface area (Å²) in [7, 11) is 0. The van der Waals surface area contributed by atoms with Crippen molar-refractivity contribution in [3.63, 3.8) is 0 Å². The molecule has 0 radical (unpaired) electrons. The first-order valence-corrected chi connectivity index (χ1v) is 10.3. The van der Waals surface area contributed by atoms with Gasteiger partial charge in [-0.2, -0.15) is 0 Å². The number of carbonyl (C=O) groups excluding carboxylic acids is 1. The Labute approximate surface area is 173 Å². The van der Waals surface area contributed by atoms with E-state index in [2.05, 4.69) is 10.3 Å². The van der Waals surface area contributed by atoms with Crippen molar-refractivity contribution in [2.24, 2.45) is 0 Å². The van der Waals surface area contributed by atoms with Gasteiger partial charge in [-0.1, -0.05) is 54.2 Å². The molecule has 3 aromatic carbocycles. The highest BCUT2D eigenvalue weighted by Crippen LogP contribution is 2.28. The Morgan fingerprint density at radius 2 is 1.79 bits per heavy atom. The van der Waals surface area contributed by atoms with Crippen molar-refractivity contribution in [2.45, 2.75) is 17.9 Å². The smallest absolute Gasteiger partial charge is 0.257 e. The van der Waals surface area contributed by atoms with E-state index in [1.165, 1.54) is 11.8 Å². The van der Waals surface area contributed by atoms with Crippen molar-refractivity contribution in [2.75, 3.05) is 11.9 Å². The minimum Gasteiger partial charge on any atom is -0.492 e. The number of aromatic nitrogens is 1. The molecule has 1 aromatic heterocycles. The summed E-state index contributed by atoms with van der Waals surface area (Å²) >= 11 is 1.47. The normalized spacial score (nSPS) is 10.8. The van der Waals surface area contributed by atoms with Crippen molar-refractivity contribution in [3.05, 3.63) is 83.9 Å². The zero-order chi connectivity index (χ0) is 20.1. The number of benzene rings is 3. The molecule has 1 amide bonds. The fourth-order valence-corrected chi connectivity index (χ4v) is 3.80. The molecule has 4 aromatic rings. The molecule has 1 N–H and O–H groups in total. The summed E-state index contributed by atoms with van der Waals surface area (Å²) in [6.45, 7) is 2.45. The number of nitrogens with zero attached hydrogens (tertiary/aromatic N) is 1. The number of oxazole rings is 1. The minimum absolute atomic E-state index is 0.175. The minimum atomic E-state index is -0.175. The van der Waals surface area contributed by atoms with Crippen LogP contribution >= 0.6 is 11.8 Å². The molecule has 0 unspecified atom stereocenters. The number of hydrogen-bond donors (Lipinski definition) is 1. The van der Waals surface area contributed by atoms with Crippen molar-refractivity contribution in [1.29, 1.82) is 0 Å². The van der Waals surface area contributed by atoms with E-state index in [0.717, 1.165) is 16.7 Å². The summed E-state index contributed by atoms with van der Waals surface area (Å²) in [5, 5.41) is 3.55. The number of hydrogen-bond acceptors (Lipinski definition) is 5. The molecule has 0 aliphatic rings. The Hall–Kier alpha value is -3.25. The molecule has 5 nitrogen and oxygen atoms in total. The molecule has 0 saturated heterocycles. The topological polar surface area (TPSA) is 64.4 Å². The first kappa shape index (κ1) is 19.1. The molecule has 0 fully saturated rings. The molecule has 0 aliphatic heterocycles. The standard InChI is InChI=1S/C23H20N2O3S/c1-2-27-20-13-7-5-11-18(20)24-22(26)17-10-4-3-9-16(17)15-29-23-25-19-12-6-8-14-21(19)28-23/h3-14H,2,15H2,1H3,(H,24,26). The Morgan fingerprint density at radius 3 is 2.66 bits per heavy atom. The van der Waals surface area contributed by atoms with Gasteiger partial charge in [0.15, 0.2) is 5.58 Å². The van der Waals surface area contributed by atoms with Crippen molar-refractivity contribution < 1.29 is 13.9 Å². The van der Waals surface area contributed by atoms with Gasteiger partial charge >= 0.3 is 0 Å². The van der Waals surface area contributed by atoms with Gasteiger partial charge in [-0.15, -0.1) is 0 Å². The molecular formula is C23H20N2O3S. The highest BCUT2D eigenvalue weighted by Gasteiger charge is 2.15. The summed E-state index contributed by atoms with van der Waals surface area (Å²) in [6, 6.07) is 22.6. The van der Waals surface area contributed by atoms with E-state index >= 15 is 0 Å². The van der Waals surface area contributed by atoms with Crippen LogP contribution in [0.4, 0.5) is 5.69 Å². The molecular weight excluding hydrogens is 384 g/mol. The number of rotatable bonds is 7. The molecule has 0 spiro atoms. The first-order valence-electron chi connectivity index (χ1n) is 9.34. The van der Waals surface area contributed by atoms with Gasteiger partial charge in [-0.05, 0) is 42.8 Å². The van der Waals surface area contributed by atoms with Crippen LogP contribution in [-0.4, -0.2) is 17.5 Å². The second-order valence-electron chi connectivity index (χ2n) is 6.28. The number of nitrogens with one attached hydrogen (secondary N) is 1. The van der Waals surface area contributed by atoms with Crippen molar-refractivity contribution in [3.8, 4) is 5.75 Å². The lowest BCUT2D eigenvalue weighted by Crippen LogP contribution is -2.14. The lowest BCUT2D eigenvalue weighted by atomic mass is 10.1. The highest BCUT2D eigenvalue weighted by molar-refractivity contribution is 7.98. The molecule has 4 rings (SSSR count). The predicted octanol–water partition coefficient (Wildman–Crippen LogP) is 5.77. The summed E-state index contributed by atoms with van der Waals surface area (Å²) in [4.78, 5) is 17.4. The second kappa shape index (κ2) is 8.84. The third-order valence-electron chi connectivity index (χ3n) is 4.32. The zero-order valence-corrected chi connectivity index (χ0v) is 16.7. The van der Waals surface area contributed by atoms with Gasteiger partial charge in [-0.25, -0.2) is 4.98 Å². The maximum Gasteiger partial charge on any atom is 0.257 e. The Kier molecular flexibility index (Phi) is 5.81. The van der Waals surface area contributed by atoms with Crippen LogP contribution < -0.4 is 10.1 Å². The Bertz CT molecular complexity index is 1110. The monoisotopic (exact) mass is 404 g/mol. The lowest BCUT2D eigenvalue weighted by molar-refractivity contribution is 0.102. The number of carbonyl (C=O) groups is 1. The van der Waals surface area contributed by atoms with Gasteiger partial charge in [0.05, 0.1) is 12.3 Å². The molecule has 0 saturated carbocycles. The number of fused-ring (bicyclic) bond motifs is 1.